The molecule has 0 radical (unpaired) electrons. The third-order valence-electron chi connectivity index (χ3n) is 7.54. The van der Waals surface area contributed by atoms with Gasteiger partial charge in [-0.15, -0.1) is 0 Å². The number of benzene rings is 1. The highest BCUT2D eigenvalue weighted by atomic mass is 16.2. The van der Waals surface area contributed by atoms with E-state index in [-0.39, 0.29) is 23.1 Å². The Morgan fingerprint density at radius 3 is 2.62 bits per heavy atom. The van der Waals surface area contributed by atoms with E-state index in [1.807, 2.05) is 11.0 Å². The summed E-state index contributed by atoms with van der Waals surface area (Å²) in [4.78, 5) is 28.2. The highest BCUT2D eigenvalue weighted by Gasteiger charge is 2.75. The number of amides is 2. The highest BCUT2D eigenvalue weighted by Crippen LogP contribution is 2.65. The summed E-state index contributed by atoms with van der Waals surface area (Å²) in [5.74, 6) is 0.792. The molecule has 5 aliphatic rings. The molecule has 2 bridgehead atoms. The molecule has 6 rings (SSSR count). The second-order valence-electron chi connectivity index (χ2n) is 8.76. The lowest BCUT2D eigenvalue weighted by molar-refractivity contribution is -0.175. The molecule has 0 aromatic heterocycles. The molecule has 4 nitrogen and oxygen atoms in total. The number of rotatable bonds is 1. The van der Waals surface area contributed by atoms with E-state index in [2.05, 4.69) is 43.4 Å². The van der Waals surface area contributed by atoms with Crippen molar-refractivity contribution in [2.75, 3.05) is 6.54 Å². The molecular weight excluding hydrogens is 300 g/mol. The van der Waals surface area contributed by atoms with Gasteiger partial charge in [0, 0.05) is 6.54 Å². The van der Waals surface area contributed by atoms with Crippen molar-refractivity contribution in [2.24, 2.45) is 11.3 Å². The fourth-order valence-electron chi connectivity index (χ4n) is 6.32. The highest BCUT2D eigenvalue weighted by molar-refractivity contribution is 6.05. The Balaban J connectivity index is 1.65. The first-order valence-electron chi connectivity index (χ1n) is 9.11. The molecule has 2 spiro atoms. The van der Waals surface area contributed by atoms with Crippen LogP contribution in [0.2, 0.25) is 0 Å². The first kappa shape index (κ1) is 14.5. The average molecular weight is 324 g/mol. The van der Waals surface area contributed by atoms with Gasteiger partial charge in [-0.3, -0.25) is 9.59 Å². The number of piperidine rings is 2. The van der Waals surface area contributed by atoms with Crippen LogP contribution in [0.4, 0.5) is 0 Å². The Morgan fingerprint density at radius 1 is 1.12 bits per heavy atom. The molecule has 4 aliphatic heterocycles. The second kappa shape index (κ2) is 4.22. The maximum atomic E-state index is 13.4. The fourth-order valence-corrected chi connectivity index (χ4v) is 6.32. The number of piperazine rings is 1. The third-order valence-corrected chi connectivity index (χ3v) is 7.54. The molecule has 1 aromatic carbocycles. The first-order chi connectivity index (χ1) is 11.4. The standard InChI is InChI=1S/C20H24N2O2/c1-18(2)14(13-7-4-3-5-8-13)11-20-15(18)12-19(16(23)21-20)9-6-10-22(19)17(20)24/h3-5,7-8,14-15H,6,9-12H2,1-2H3,(H,21,23). The topological polar surface area (TPSA) is 49.4 Å². The number of nitrogens with one attached hydrogen (secondary N) is 1. The van der Waals surface area contributed by atoms with Gasteiger partial charge in [0.25, 0.3) is 0 Å². The van der Waals surface area contributed by atoms with Crippen LogP contribution in [-0.2, 0) is 9.59 Å². The Morgan fingerprint density at radius 2 is 1.88 bits per heavy atom. The van der Waals surface area contributed by atoms with E-state index in [9.17, 15) is 9.59 Å². The van der Waals surface area contributed by atoms with E-state index in [0.717, 1.165) is 32.2 Å². The number of carbonyl (C=O) groups excluding carboxylic acids is 2. The Bertz CT molecular complexity index is 743. The Hall–Kier alpha value is -1.84. The number of carbonyl (C=O) groups is 2. The van der Waals surface area contributed by atoms with Crippen molar-refractivity contribution < 1.29 is 9.59 Å². The molecule has 126 valence electrons. The van der Waals surface area contributed by atoms with Crippen LogP contribution in [-0.4, -0.2) is 34.3 Å². The number of nitrogens with zero attached hydrogens (tertiary/aromatic N) is 1. The molecule has 1 aromatic rings. The Labute approximate surface area is 142 Å². The van der Waals surface area contributed by atoms with Crippen molar-refractivity contribution >= 4 is 11.8 Å². The van der Waals surface area contributed by atoms with E-state index >= 15 is 0 Å². The van der Waals surface area contributed by atoms with Crippen LogP contribution in [0.5, 0.6) is 0 Å². The lowest BCUT2D eigenvalue weighted by atomic mass is 9.60. The molecule has 4 heterocycles. The van der Waals surface area contributed by atoms with Gasteiger partial charge in [0.05, 0.1) is 0 Å². The SMILES string of the molecule is CC1(C)C(c2ccccc2)CC23NC(=O)C4(CCCN4C2=O)CC31. The molecule has 1 aliphatic carbocycles. The molecule has 24 heavy (non-hydrogen) atoms. The predicted octanol–water partition coefficient (Wildman–Crippen LogP) is 2.45. The van der Waals surface area contributed by atoms with E-state index in [1.165, 1.54) is 5.56 Å². The fraction of sp³-hybridized carbons (Fsp3) is 0.600. The minimum Gasteiger partial charge on any atom is -0.339 e. The van der Waals surface area contributed by atoms with Crippen LogP contribution in [0.1, 0.15) is 51.0 Å². The lowest BCUT2D eigenvalue weighted by Gasteiger charge is -2.59. The summed E-state index contributed by atoms with van der Waals surface area (Å²) in [6.45, 7) is 5.33. The van der Waals surface area contributed by atoms with E-state index in [0.29, 0.717) is 5.92 Å². The van der Waals surface area contributed by atoms with Crippen molar-refractivity contribution in [3.63, 3.8) is 0 Å². The zero-order valence-corrected chi connectivity index (χ0v) is 14.3. The van der Waals surface area contributed by atoms with Gasteiger partial charge in [0.2, 0.25) is 11.8 Å². The molecule has 4 unspecified atom stereocenters. The summed E-state index contributed by atoms with van der Waals surface area (Å²) in [5.41, 5.74) is 0.0285. The maximum absolute atomic E-state index is 13.4. The minimum atomic E-state index is -0.687. The van der Waals surface area contributed by atoms with Crippen molar-refractivity contribution in [1.82, 2.24) is 10.2 Å². The molecule has 1 saturated carbocycles. The summed E-state index contributed by atoms with van der Waals surface area (Å²) in [5, 5.41) is 3.23. The summed E-state index contributed by atoms with van der Waals surface area (Å²) in [6.07, 6.45) is 3.33. The van der Waals surface area contributed by atoms with Crippen LogP contribution in [0.15, 0.2) is 30.3 Å². The zero-order valence-electron chi connectivity index (χ0n) is 14.3. The van der Waals surface area contributed by atoms with E-state index in [4.69, 9.17) is 0 Å². The van der Waals surface area contributed by atoms with Crippen LogP contribution < -0.4 is 5.32 Å². The molecular formula is C20H24N2O2. The van der Waals surface area contributed by atoms with Gasteiger partial charge in [0.1, 0.15) is 11.1 Å². The van der Waals surface area contributed by atoms with Crippen molar-refractivity contribution in [3.05, 3.63) is 35.9 Å². The van der Waals surface area contributed by atoms with E-state index < -0.39 is 11.1 Å². The Kier molecular flexibility index (Phi) is 2.55. The lowest BCUT2D eigenvalue weighted by Crippen LogP contribution is -2.81. The molecule has 4 atom stereocenters. The van der Waals surface area contributed by atoms with Crippen LogP contribution in [0.3, 0.4) is 0 Å². The molecule has 2 amide bonds. The molecule has 4 heteroatoms. The monoisotopic (exact) mass is 324 g/mol. The first-order valence-corrected chi connectivity index (χ1v) is 9.11. The quantitative estimate of drug-likeness (QED) is 0.863. The van der Waals surface area contributed by atoms with Crippen molar-refractivity contribution in [2.45, 2.75) is 56.5 Å². The van der Waals surface area contributed by atoms with Crippen LogP contribution >= 0.6 is 0 Å². The van der Waals surface area contributed by atoms with Gasteiger partial charge in [-0.25, -0.2) is 0 Å². The summed E-state index contributed by atoms with van der Waals surface area (Å²) >= 11 is 0. The normalized spacial score (nSPS) is 42.0. The summed E-state index contributed by atoms with van der Waals surface area (Å²) < 4.78 is 0. The number of hydrogen-bond donors (Lipinski definition) is 1. The van der Waals surface area contributed by atoms with Crippen molar-refractivity contribution in [1.29, 1.82) is 0 Å². The molecule has 5 fully saturated rings. The third kappa shape index (κ3) is 1.42. The van der Waals surface area contributed by atoms with Crippen LogP contribution in [0.25, 0.3) is 0 Å². The van der Waals surface area contributed by atoms with Gasteiger partial charge in [-0.2, -0.15) is 0 Å². The minimum absolute atomic E-state index is 0.00755. The van der Waals surface area contributed by atoms with Gasteiger partial charge in [-0.1, -0.05) is 44.2 Å². The average Bonchev–Trinajstić information content (AvgIpc) is 3.09. The largest absolute Gasteiger partial charge is 0.339 e. The zero-order chi connectivity index (χ0) is 16.7. The van der Waals surface area contributed by atoms with Crippen molar-refractivity contribution in [3.8, 4) is 0 Å². The summed E-state index contributed by atoms with van der Waals surface area (Å²) in [7, 11) is 0. The van der Waals surface area contributed by atoms with Gasteiger partial charge in [0.15, 0.2) is 0 Å². The van der Waals surface area contributed by atoms with Crippen LogP contribution in [0, 0.1) is 11.3 Å². The van der Waals surface area contributed by atoms with Gasteiger partial charge < -0.3 is 10.2 Å². The van der Waals surface area contributed by atoms with Gasteiger partial charge >= 0.3 is 0 Å². The smallest absolute Gasteiger partial charge is 0.249 e. The number of hydrogen-bond acceptors (Lipinski definition) is 2. The van der Waals surface area contributed by atoms with Gasteiger partial charge in [-0.05, 0) is 48.5 Å². The molecule has 1 N–H and O–H groups in total. The molecule has 4 saturated heterocycles. The predicted molar refractivity (Wildman–Crippen MR) is 90.2 cm³/mol. The van der Waals surface area contributed by atoms with E-state index in [1.54, 1.807) is 0 Å². The summed E-state index contributed by atoms with van der Waals surface area (Å²) in [6, 6.07) is 10.5. The maximum Gasteiger partial charge on any atom is 0.249 e. The number of fused-ring (bicyclic) bond motifs is 1. The second-order valence-corrected chi connectivity index (χ2v) is 8.76.